The molecule has 1 aromatic carbocycles. The van der Waals surface area contributed by atoms with E-state index in [0.717, 1.165) is 11.6 Å². The second-order valence-electron chi connectivity index (χ2n) is 8.06. The fraction of sp³-hybridized carbons (Fsp3) is 0.304. The highest BCUT2D eigenvalue weighted by atomic mass is 35.5. The lowest BCUT2D eigenvalue weighted by atomic mass is 10.0. The standard InChI is InChI=1S/C23H22ClF3N6O/c1-4-32-12-16(24)19(30-32)11-28-22(34)18-10-21-29-17(9-20(23(25,26)27)33(21)31-18)15-7-5-14(6-8-15)13(2)3/h5-10,12-13H,4,11H2,1-3H3,(H,28,34). The number of fused-ring (bicyclic) bond motifs is 1. The van der Waals surface area contributed by atoms with Crippen molar-refractivity contribution >= 4 is 23.2 Å². The van der Waals surface area contributed by atoms with Gasteiger partial charge in [0.1, 0.15) is 5.69 Å². The van der Waals surface area contributed by atoms with Crippen molar-refractivity contribution in [2.75, 3.05) is 0 Å². The number of hydrogen-bond donors (Lipinski definition) is 1. The Hall–Kier alpha value is -3.40. The average molecular weight is 491 g/mol. The van der Waals surface area contributed by atoms with Gasteiger partial charge in [0.25, 0.3) is 5.91 Å². The van der Waals surface area contributed by atoms with E-state index in [1.165, 1.54) is 6.07 Å². The number of aromatic nitrogens is 5. The molecule has 4 rings (SSSR count). The highest BCUT2D eigenvalue weighted by Gasteiger charge is 2.35. The van der Waals surface area contributed by atoms with Gasteiger partial charge in [0.15, 0.2) is 17.0 Å². The normalized spacial score (nSPS) is 12.0. The highest BCUT2D eigenvalue weighted by molar-refractivity contribution is 6.31. The van der Waals surface area contributed by atoms with Gasteiger partial charge in [0, 0.05) is 24.4 Å². The van der Waals surface area contributed by atoms with Crippen LogP contribution in [0.5, 0.6) is 0 Å². The number of rotatable bonds is 6. The maximum Gasteiger partial charge on any atom is 0.433 e. The molecule has 1 N–H and O–H groups in total. The van der Waals surface area contributed by atoms with Crippen LogP contribution in [0, 0.1) is 0 Å². The molecule has 3 aromatic heterocycles. The molecular formula is C23H22ClF3N6O. The van der Waals surface area contributed by atoms with Crippen molar-refractivity contribution < 1.29 is 18.0 Å². The Bertz CT molecular complexity index is 1340. The molecule has 0 bridgehead atoms. The number of aryl methyl sites for hydroxylation is 1. The third-order valence-electron chi connectivity index (χ3n) is 5.35. The van der Waals surface area contributed by atoms with Gasteiger partial charge in [0.2, 0.25) is 0 Å². The van der Waals surface area contributed by atoms with Crippen LogP contribution in [0.1, 0.15) is 54.1 Å². The molecule has 0 saturated carbocycles. The lowest BCUT2D eigenvalue weighted by Gasteiger charge is -2.11. The van der Waals surface area contributed by atoms with Crippen LogP contribution in [0.15, 0.2) is 42.6 Å². The van der Waals surface area contributed by atoms with Crippen molar-refractivity contribution in [3.63, 3.8) is 0 Å². The Labute approximate surface area is 198 Å². The van der Waals surface area contributed by atoms with Crippen LogP contribution in [0.4, 0.5) is 13.2 Å². The Kier molecular flexibility index (Phi) is 6.35. The summed E-state index contributed by atoms with van der Waals surface area (Å²) in [4.78, 5) is 16.9. The SMILES string of the molecule is CCn1cc(Cl)c(CNC(=O)c2cc3nc(-c4ccc(C(C)C)cc4)cc(C(F)(F)F)n3n2)n1. The molecule has 34 heavy (non-hydrogen) atoms. The molecule has 4 aromatic rings. The van der Waals surface area contributed by atoms with Crippen molar-refractivity contribution in [1.82, 2.24) is 29.7 Å². The van der Waals surface area contributed by atoms with E-state index in [9.17, 15) is 18.0 Å². The Morgan fingerprint density at radius 1 is 1.15 bits per heavy atom. The summed E-state index contributed by atoms with van der Waals surface area (Å²) in [5, 5.41) is 11.1. The van der Waals surface area contributed by atoms with Gasteiger partial charge in [0.05, 0.1) is 17.3 Å². The zero-order valence-corrected chi connectivity index (χ0v) is 19.4. The number of hydrogen-bond acceptors (Lipinski definition) is 4. The molecule has 7 nitrogen and oxygen atoms in total. The van der Waals surface area contributed by atoms with Gasteiger partial charge < -0.3 is 5.32 Å². The quantitative estimate of drug-likeness (QED) is 0.396. The summed E-state index contributed by atoms with van der Waals surface area (Å²) in [6.07, 6.45) is -3.07. The lowest BCUT2D eigenvalue weighted by Crippen LogP contribution is -2.24. The summed E-state index contributed by atoms with van der Waals surface area (Å²) in [6.45, 7) is 6.56. The van der Waals surface area contributed by atoms with Gasteiger partial charge in [-0.25, -0.2) is 9.50 Å². The van der Waals surface area contributed by atoms with E-state index < -0.39 is 17.8 Å². The smallest absolute Gasteiger partial charge is 0.345 e. The first-order valence-corrected chi connectivity index (χ1v) is 11.0. The number of nitrogens with one attached hydrogen (secondary N) is 1. The van der Waals surface area contributed by atoms with E-state index in [1.807, 2.05) is 32.9 Å². The zero-order chi connectivity index (χ0) is 24.6. The maximum absolute atomic E-state index is 13.8. The number of carbonyl (C=O) groups is 1. The number of alkyl halides is 3. The summed E-state index contributed by atoms with van der Waals surface area (Å²) in [5.74, 6) is -0.375. The molecule has 0 fully saturated rings. The van der Waals surface area contributed by atoms with Crippen molar-refractivity contribution in [3.05, 3.63) is 70.3 Å². The molecule has 1 amide bonds. The molecule has 0 saturated heterocycles. The molecule has 178 valence electrons. The predicted octanol–water partition coefficient (Wildman–Crippen LogP) is 5.34. The Balaban J connectivity index is 1.67. The fourth-order valence-electron chi connectivity index (χ4n) is 3.45. The minimum absolute atomic E-state index is 0.00550. The van der Waals surface area contributed by atoms with Crippen LogP contribution in [-0.4, -0.2) is 30.3 Å². The zero-order valence-electron chi connectivity index (χ0n) is 18.7. The highest BCUT2D eigenvalue weighted by Crippen LogP contribution is 2.32. The molecule has 0 atom stereocenters. The van der Waals surface area contributed by atoms with E-state index in [-0.39, 0.29) is 29.5 Å². The minimum Gasteiger partial charge on any atom is -0.345 e. The van der Waals surface area contributed by atoms with Gasteiger partial charge in [-0.1, -0.05) is 49.7 Å². The molecule has 11 heteroatoms. The van der Waals surface area contributed by atoms with Crippen molar-refractivity contribution in [1.29, 1.82) is 0 Å². The first kappa shape index (κ1) is 23.7. The number of amides is 1. The maximum atomic E-state index is 13.8. The topological polar surface area (TPSA) is 77.1 Å². The van der Waals surface area contributed by atoms with E-state index in [2.05, 4.69) is 20.5 Å². The van der Waals surface area contributed by atoms with Crippen molar-refractivity contribution in [3.8, 4) is 11.3 Å². The average Bonchev–Trinajstić information content (AvgIpc) is 3.39. The van der Waals surface area contributed by atoms with Gasteiger partial charge in [-0.15, -0.1) is 0 Å². The first-order chi connectivity index (χ1) is 16.1. The Morgan fingerprint density at radius 2 is 1.85 bits per heavy atom. The molecule has 0 aliphatic carbocycles. The van der Waals surface area contributed by atoms with Crippen molar-refractivity contribution in [2.24, 2.45) is 0 Å². The van der Waals surface area contributed by atoms with Crippen LogP contribution in [0.25, 0.3) is 16.9 Å². The minimum atomic E-state index is -4.70. The molecular weight excluding hydrogens is 469 g/mol. The third-order valence-corrected chi connectivity index (χ3v) is 5.67. The van der Waals surface area contributed by atoms with Gasteiger partial charge in [-0.2, -0.15) is 23.4 Å². The lowest BCUT2D eigenvalue weighted by molar-refractivity contribution is -0.142. The number of benzene rings is 1. The van der Waals surface area contributed by atoms with Gasteiger partial charge in [-0.3, -0.25) is 9.48 Å². The number of halogens is 4. The van der Waals surface area contributed by atoms with Gasteiger partial charge in [-0.05, 0) is 24.5 Å². The van der Waals surface area contributed by atoms with E-state index in [0.29, 0.717) is 27.3 Å². The molecule has 0 radical (unpaired) electrons. The molecule has 0 spiro atoms. The van der Waals surface area contributed by atoms with Crippen LogP contribution in [0.2, 0.25) is 5.02 Å². The van der Waals surface area contributed by atoms with Crippen LogP contribution in [0.3, 0.4) is 0 Å². The number of nitrogens with zero attached hydrogens (tertiary/aromatic N) is 5. The summed E-state index contributed by atoms with van der Waals surface area (Å²) in [6, 6.07) is 9.35. The molecule has 0 aliphatic heterocycles. The van der Waals surface area contributed by atoms with Crippen LogP contribution < -0.4 is 5.32 Å². The summed E-state index contributed by atoms with van der Waals surface area (Å²) < 4.78 is 43.7. The third kappa shape index (κ3) is 4.77. The monoisotopic (exact) mass is 490 g/mol. The summed E-state index contributed by atoms with van der Waals surface area (Å²) in [5.41, 5.74) is 0.872. The van der Waals surface area contributed by atoms with E-state index in [1.54, 1.807) is 23.0 Å². The Morgan fingerprint density at radius 3 is 2.44 bits per heavy atom. The van der Waals surface area contributed by atoms with Gasteiger partial charge >= 0.3 is 6.18 Å². The molecule has 0 unspecified atom stereocenters. The molecule has 0 aliphatic rings. The van der Waals surface area contributed by atoms with Crippen molar-refractivity contribution in [2.45, 2.75) is 46.0 Å². The summed E-state index contributed by atoms with van der Waals surface area (Å²) >= 11 is 6.10. The van der Waals surface area contributed by atoms with E-state index in [4.69, 9.17) is 11.6 Å². The van der Waals surface area contributed by atoms with E-state index >= 15 is 0 Å². The predicted molar refractivity (Wildman–Crippen MR) is 122 cm³/mol. The largest absolute Gasteiger partial charge is 0.433 e. The second-order valence-corrected chi connectivity index (χ2v) is 8.47. The second kappa shape index (κ2) is 9.09. The molecule has 3 heterocycles. The first-order valence-electron chi connectivity index (χ1n) is 10.6. The number of carbonyl (C=O) groups excluding carboxylic acids is 1. The van der Waals surface area contributed by atoms with Crippen LogP contribution >= 0.6 is 11.6 Å². The summed E-state index contributed by atoms with van der Waals surface area (Å²) in [7, 11) is 0. The van der Waals surface area contributed by atoms with Crippen LogP contribution in [-0.2, 0) is 19.3 Å². The fourth-order valence-corrected chi connectivity index (χ4v) is 3.66.